The van der Waals surface area contributed by atoms with Crippen LogP contribution in [0.1, 0.15) is 6.42 Å². The van der Waals surface area contributed by atoms with Crippen LogP contribution >= 0.6 is 0 Å². The molecule has 23 heavy (non-hydrogen) atoms. The van der Waals surface area contributed by atoms with Crippen LogP contribution in [0.3, 0.4) is 0 Å². The van der Waals surface area contributed by atoms with Crippen LogP contribution in [0.15, 0.2) is 23.8 Å². The number of carbonyl (C=O) groups is 1. The summed E-state index contributed by atoms with van der Waals surface area (Å²) in [5.74, 6) is -20.2. The van der Waals surface area contributed by atoms with E-state index in [1.807, 2.05) is 0 Å². The summed E-state index contributed by atoms with van der Waals surface area (Å²) >= 11 is 0. The molecule has 0 heterocycles. The Labute approximate surface area is 124 Å². The van der Waals surface area contributed by atoms with Crippen LogP contribution in [0.5, 0.6) is 0 Å². The predicted molar refractivity (Wildman–Crippen MR) is 60.6 cm³/mol. The third-order valence-corrected chi connectivity index (χ3v) is 3.68. The van der Waals surface area contributed by atoms with Crippen LogP contribution in [0, 0.1) is 11.8 Å². The fourth-order valence-electron chi connectivity index (χ4n) is 2.37. The van der Waals surface area contributed by atoms with Gasteiger partial charge in [-0.25, -0.2) is 13.6 Å². The number of rotatable bonds is 6. The Morgan fingerprint density at radius 3 is 2.22 bits per heavy atom. The second-order valence-corrected chi connectivity index (χ2v) is 5.29. The number of hydrogen-bond acceptors (Lipinski definition) is 2. The number of esters is 1. The molecule has 0 aromatic heterocycles. The van der Waals surface area contributed by atoms with Crippen molar-refractivity contribution in [2.45, 2.75) is 30.6 Å². The molecule has 0 spiro atoms. The highest BCUT2D eigenvalue weighted by Gasteiger charge is 2.75. The van der Waals surface area contributed by atoms with Gasteiger partial charge in [-0.1, -0.05) is 18.2 Å². The van der Waals surface area contributed by atoms with Crippen molar-refractivity contribution in [1.82, 2.24) is 0 Å². The number of alkyl halides is 8. The Kier molecular flexibility index (Phi) is 4.23. The molecule has 0 saturated carbocycles. The van der Waals surface area contributed by atoms with Crippen LogP contribution in [0.25, 0.3) is 0 Å². The van der Waals surface area contributed by atoms with Gasteiger partial charge >= 0.3 is 30.2 Å². The van der Waals surface area contributed by atoms with Gasteiger partial charge in [-0.05, 0) is 12.3 Å². The summed E-state index contributed by atoms with van der Waals surface area (Å²) in [6, 6.07) is 0. The van der Waals surface area contributed by atoms with Gasteiger partial charge in [0.1, 0.15) is 0 Å². The minimum absolute atomic E-state index is 0.0442. The maximum absolute atomic E-state index is 13.2. The van der Waals surface area contributed by atoms with E-state index in [2.05, 4.69) is 4.74 Å². The molecule has 2 unspecified atom stereocenters. The normalized spacial score (nSPS) is 24.3. The van der Waals surface area contributed by atoms with Crippen molar-refractivity contribution < 1.29 is 44.7 Å². The highest BCUT2D eigenvalue weighted by atomic mass is 19.4. The van der Waals surface area contributed by atoms with Crippen molar-refractivity contribution in [3.05, 3.63) is 23.8 Å². The Bertz CT molecular complexity index is 552. The first-order chi connectivity index (χ1) is 10.4. The number of ether oxygens (including phenoxy) is 1. The molecule has 2 rings (SSSR count). The first-order valence-corrected chi connectivity index (χ1v) is 6.39. The number of allylic oxidation sites excluding steroid dienone is 3. The predicted octanol–water partition coefficient (Wildman–Crippen LogP) is 3.83. The monoisotopic (exact) mass is 350 g/mol. The SMILES string of the molecule is O=C(OCC(F)(F)C(F)(F)C(F)(F)C(F)F)C1=CC2C=CC1C2. The van der Waals surface area contributed by atoms with Gasteiger partial charge in [-0.2, -0.15) is 26.3 Å². The standard InChI is InChI=1S/C13H10F8O2/c14-10(15)12(18,19)13(20,21)11(16,17)5-23-9(22)8-4-6-1-2-7(8)3-6/h1-2,4,6-7,10H,3,5H2. The van der Waals surface area contributed by atoms with E-state index < -0.39 is 42.7 Å². The van der Waals surface area contributed by atoms with Crippen molar-refractivity contribution in [2.24, 2.45) is 11.8 Å². The lowest BCUT2D eigenvalue weighted by atomic mass is 10.0. The van der Waals surface area contributed by atoms with Gasteiger partial charge in [-0.15, -0.1) is 0 Å². The smallest absolute Gasteiger partial charge is 0.381 e. The lowest BCUT2D eigenvalue weighted by Gasteiger charge is -2.31. The highest BCUT2D eigenvalue weighted by molar-refractivity contribution is 5.90. The first kappa shape index (κ1) is 17.7. The molecular formula is C13H10F8O2. The van der Waals surface area contributed by atoms with E-state index in [9.17, 15) is 39.9 Å². The molecule has 0 saturated heterocycles. The van der Waals surface area contributed by atoms with Gasteiger partial charge in [0.15, 0.2) is 6.61 Å². The molecule has 2 bridgehead atoms. The molecule has 2 nitrogen and oxygen atoms in total. The van der Waals surface area contributed by atoms with Gasteiger partial charge in [0.25, 0.3) is 0 Å². The molecule has 0 amide bonds. The largest absolute Gasteiger partial charge is 0.456 e. The quantitative estimate of drug-likeness (QED) is 0.413. The van der Waals surface area contributed by atoms with Crippen LogP contribution in [0.4, 0.5) is 35.1 Å². The molecule has 0 radical (unpaired) electrons. The Morgan fingerprint density at radius 2 is 1.78 bits per heavy atom. The molecule has 2 aliphatic carbocycles. The summed E-state index contributed by atoms with van der Waals surface area (Å²) in [5.41, 5.74) is -0.0442. The van der Waals surface area contributed by atoms with Gasteiger partial charge in [0, 0.05) is 11.5 Å². The van der Waals surface area contributed by atoms with Gasteiger partial charge in [0.2, 0.25) is 0 Å². The van der Waals surface area contributed by atoms with Gasteiger partial charge in [-0.3, -0.25) is 0 Å². The van der Waals surface area contributed by atoms with Crippen LogP contribution < -0.4 is 0 Å². The van der Waals surface area contributed by atoms with Crippen molar-refractivity contribution in [1.29, 1.82) is 0 Å². The molecule has 0 aromatic rings. The lowest BCUT2D eigenvalue weighted by molar-refractivity contribution is -0.344. The average Bonchev–Trinajstić information content (AvgIpc) is 3.06. The number of carbonyl (C=O) groups excluding carboxylic acids is 1. The van der Waals surface area contributed by atoms with E-state index in [1.165, 1.54) is 6.08 Å². The minimum Gasteiger partial charge on any atom is -0.456 e. The van der Waals surface area contributed by atoms with E-state index in [4.69, 9.17) is 0 Å². The van der Waals surface area contributed by atoms with Crippen molar-refractivity contribution in [3.8, 4) is 0 Å². The fourth-order valence-corrected chi connectivity index (χ4v) is 2.37. The molecule has 2 aliphatic rings. The van der Waals surface area contributed by atoms with E-state index in [1.54, 1.807) is 12.2 Å². The average molecular weight is 350 g/mol. The lowest BCUT2D eigenvalue weighted by Crippen LogP contribution is -2.59. The molecule has 0 fully saturated rings. The summed E-state index contributed by atoms with van der Waals surface area (Å²) in [7, 11) is 0. The van der Waals surface area contributed by atoms with Gasteiger partial charge in [0.05, 0.1) is 0 Å². The molecule has 0 aromatic carbocycles. The summed E-state index contributed by atoms with van der Waals surface area (Å²) < 4.78 is 105. The third-order valence-electron chi connectivity index (χ3n) is 3.68. The zero-order chi connectivity index (χ0) is 17.6. The van der Waals surface area contributed by atoms with E-state index in [-0.39, 0.29) is 11.5 Å². The molecule has 2 atom stereocenters. The fraction of sp³-hybridized carbons (Fsp3) is 0.615. The van der Waals surface area contributed by atoms with E-state index in [0.29, 0.717) is 6.42 Å². The summed E-state index contributed by atoms with van der Waals surface area (Å²) in [4.78, 5) is 11.6. The van der Waals surface area contributed by atoms with E-state index in [0.717, 1.165) is 0 Å². The van der Waals surface area contributed by atoms with E-state index >= 15 is 0 Å². The molecular weight excluding hydrogens is 340 g/mol. The maximum Gasteiger partial charge on any atom is 0.381 e. The molecule has 0 aliphatic heterocycles. The first-order valence-electron chi connectivity index (χ1n) is 6.39. The van der Waals surface area contributed by atoms with Crippen molar-refractivity contribution in [3.63, 3.8) is 0 Å². The van der Waals surface area contributed by atoms with Crippen LogP contribution in [-0.4, -0.2) is 36.8 Å². The van der Waals surface area contributed by atoms with Crippen molar-refractivity contribution in [2.75, 3.05) is 6.61 Å². The van der Waals surface area contributed by atoms with Crippen molar-refractivity contribution >= 4 is 5.97 Å². The molecule has 130 valence electrons. The highest BCUT2D eigenvalue weighted by Crippen LogP contribution is 2.48. The number of fused-ring (bicyclic) bond motifs is 2. The number of hydrogen-bond donors (Lipinski definition) is 0. The second kappa shape index (κ2) is 5.48. The maximum atomic E-state index is 13.2. The Hall–Kier alpha value is -1.61. The van der Waals surface area contributed by atoms with Crippen LogP contribution in [0.2, 0.25) is 0 Å². The summed E-state index contributed by atoms with van der Waals surface area (Å²) in [5, 5.41) is 0. The molecule has 0 N–H and O–H groups in total. The zero-order valence-corrected chi connectivity index (χ0v) is 11.2. The molecule has 10 heteroatoms. The Morgan fingerprint density at radius 1 is 1.17 bits per heavy atom. The second-order valence-electron chi connectivity index (χ2n) is 5.29. The minimum atomic E-state index is -6.38. The Balaban J connectivity index is 2.04. The third kappa shape index (κ3) is 2.83. The topological polar surface area (TPSA) is 26.3 Å². The summed E-state index contributed by atoms with van der Waals surface area (Å²) in [6.07, 6.45) is 0.224. The van der Waals surface area contributed by atoms with Crippen LogP contribution in [-0.2, 0) is 9.53 Å². The summed E-state index contributed by atoms with van der Waals surface area (Å²) in [6.45, 7) is -2.43. The number of halogens is 8. The van der Waals surface area contributed by atoms with Gasteiger partial charge < -0.3 is 4.74 Å². The zero-order valence-electron chi connectivity index (χ0n) is 11.2.